The number of fused-ring (bicyclic) bond motifs is 1. The molecule has 2 aromatic carbocycles. The van der Waals surface area contributed by atoms with E-state index >= 15 is 0 Å². The molecule has 2 atom stereocenters. The van der Waals surface area contributed by atoms with Crippen molar-refractivity contribution in [2.45, 2.75) is 31.3 Å². The zero-order valence-electron chi connectivity index (χ0n) is 19.0. The van der Waals surface area contributed by atoms with E-state index in [1.54, 1.807) is 6.07 Å². The predicted octanol–water partition coefficient (Wildman–Crippen LogP) is 5.66. The molecule has 1 unspecified atom stereocenters. The van der Waals surface area contributed by atoms with Crippen molar-refractivity contribution in [1.82, 2.24) is 20.1 Å². The third kappa shape index (κ3) is 4.72. The molecule has 196 valence electrons. The minimum atomic E-state index is -4.68. The number of amides is 1. The minimum Gasteiger partial charge on any atom is -0.415 e. The van der Waals surface area contributed by atoms with Crippen LogP contribution < -0.4 is 0 Å². The van der Waals surface area contributed by atoms with Crippen LogP contribution in [0.2, 0.25) is 0 Å². The summed E-state index contributed by atoms with van der Waals surface area (Å²) in [4.78, 5) is 18.1. The fourth-order valence-corrected chi connectivity index (χ4v) is 4.24. The summed E-state index contributed by atoms with van der Waals surface area (Å²) in [5.74, 6) is -2.23. The third-order valence-corrected chi connectivity index (χ3v) is 6.08. The zero-order valence-corrected chi connectivity index (χ0v) is 19.0. The molecular weight excluding hydrogens is 518 g/mol. The Bertz CT molecular complexity index is 1470. The molecule has 4 aromatic rings. The lowest BCUT2D eigenvalue weighted by Crippen LogP contribution is -2.33. The summed E-state index contributed by atoms with van der Waals surface area (Å²) in [7, 11) is 0. The molecule has 0 saturated heterocycles. The highest BCUT2D eigenvalue weighted by atomic mass is 19.4. The molecule has 2 aromatic heterocycles. The average Bonchev–Trinajstić information content (AvgIpc) is 3.50. The Morgan fingerprint density at radius 1 is 0.974 bits per heavy atom. The first kappa shape index (κ1) is 25.4. The summed E-state index contributed by atoms with van der Waals surface area (Å²) in [5.41, 5.74) is 0.0753. The van der Waals surface area contributed by atoms with Gasteiger partial charge in [-0.3, -0.25) is 9.78 Å². The van der Waals surface area contributed by atoms with Crippen LogP contribution in [0.4, 0.5) is 26.3 Å². The maximum atomic E-state index is 13.6. The first-order valence-electron chi connectivity index (χ1n) is 11.1. The topological polar surface area (TPSA) is 92.4 Å². The van der Waals surface area contributed by atoms with Gasteiger partial charge in [0.05, 0.1) is 6.04 Å². The number of rotatable bonds is 6. The van der Waals surface area contributed by atoms with Crippen molar-refractivity contribution in [3.05, 3.63) is 100 Å². The van der Waals surface area contributed by atoms with E-state index in [4.69, 9.17) is 4.42 Å². The van der Waals surface area contributed by atoms with Gasteiger partial charge in [0, 0.05) is 29.4 Å². The fraction of sp³-hybridized carbons (Fsp3) is 0.200. The lowest BCUT2D eigenvalue weighted by molar-refractivity contribution is -0.141. The van der Waals surface area contributed by atoms with Crippen LogP contribution >= 0.6 is 0 Å². The largest absolute Gasteiger partial charge is 0.433 e. The van der Waals surface area contributed by atoms with E-state index in [1.807, 2.05) is 0 Å². The quantitative estimate of drug-likeness (QED) is 0.321. The van der Waals surface area contributed by atoms with Crippen LogP contribution in [0.25, 0.3) is 11.5 Å². The lowest BCUT2D eigenvalue weighted by Gasteiger charge is -2.32. The molecule has 0 saturated carbocycles. The molecule has 1 aliphatic rings. The van der Waals surface area contributed by atoms with Gasteiger partial charge < -0.3 is 14.4 Å². The SMILES string of the molecule is O=C1c2cc(-c3nnc(C(F)F)o3)ccc2CN1C(c1ccc(F)cc1)[C@@H](O)c1ccc(C(F)(F)F)nc1. The number of halogens is 6. The highest BCUT2D eigenvalue weighted by Gasteiger charge is 2.39. The number of hydrogen-bond donors (Lipinski definition) is 1. The number of alkyl halides is 5. The molecule has 1 aliphatic heterocycles. The Morgan fingerprint density at radius 3 is 2.29 bits per heavy atom. The summed E-state index contributed by atoms with van der Waals surface area (Å²) in [6.07, 6.45) is -8.32. The van der Waals surface area contributed by atoms with E-state index in [0.717, 1.165) is 24.4 Å². The van der Waals surface area contributed by atoms with Gasteiger partial charge in [-0.15, -0.1) is 10.2 Å². The number of carbonyl (C=O) groups excluding carboxylic acids is 1. The molecule has 5 rings (SSSR count). The van der Waals surface area contributed by atoms with Crippen LogP contribution in [-0.4, -0.2) is 31.1 Å². The lowest BCUT2D eigenvalue weighted by atomic mass is 9.95. The maximum absolute atomic E-state index is 13.6. The zero-order chi connectivity index (χ0) is 27.2. The normalized spacial score (nSPS) is 15.2. The van der Waals surface area contributed by atoms with Crippen LogP contribution in [0, 0.1) is 5.82 Å². The molecule has 7 nitrogen and oxygen atoms in total. The van der Waals surface area contributed by atoms with Crippen molar-refractivity contribution in [2.24, 2.45) is 0 Å². The number of benzene rings is 2. The number of aliphatic hydroxyl groups excluding tert-OH is 1. The van der Waals surface area contributed by atoms with Crippen molar-refractivity contribution in [1.29, 1.82) is 0 Å². The molecule has 0 radical (unpaired) electrons. The van der Waals surface area contributed by atoms with E-state index in [2.05, 4.69) is 15.2 Å². The summed E-state index contributed by atoms with van der Waals surface area (Å²) in [5, 5.41) is 18.1. The van der Waals surface area contributed by atoms with Crippen LogP contribution in [-0.2, 0) is 12.7 Å². The summed E-state index contributed by atoms with van der Waals surface area (Å²) >= 11 is 0. The van der Waals surface area contributed by atoms with Gasteiger partial charge in [-0.25, -0.2) is 4.39 Å². The Kier molecular flexibility index (Phi) is 6.39. The molecular formula is C25H16F6N4O3. The van der Waals surface area contributed by atoms with Gasteiger partial charge in [-0.05, 0) is 41.5 Å². The number of aliphatic hydroxyl groups is 1. The van der Waals surface area contributed by atoms with Gasteiger partial charge in [0.25, 0.3) is 11.8 Å². The van der Waals surface area contributed by atoms with Crippen molar-refractivity contribution in [3.63, 3.8) is 0 Å². The van der Waals surface area contributed by atoms with Crippen molar-refractivity contribution >= 4 is 5.91 Å². The monoisotopic (exact) mass is 534 g/mol. The molecule has 38 heavy (non-hydrogen) atoms. The Balaban J connectivity index is 1.50. The van der Waals surface area contributed by atoms with E-state index in [0.29, 0.717) is 17.2 Å². The van der Waals surface area contributed by atoms with E-state index < -0.39 is 48.1 Å². The highest BCUT2D eigenvalue weighted by Crippen LogP contribution is 2.40. The van der Waals surface area contributed by atoms with Gasteiger partial charge in [0.1, 0.15) is 17.6 Å². The number of pyridine rings is 1. The number of nitrogens with zero attached hydrogens (tertiary/aromatic N) is 4. The van der Waals surface area contributed by atoms with Crippen LogP contribution in [0.3, 0.4) is 0 Å². The van der Waals surface area contributed by atoms with E-state index in [1.165, 1.54) is 29.2 Å². The summed E-state index contributed by atoms with van der Waals surface area (Å²) in [6, 6.07) is 10.0. The third-order valence-electron chi connectivity index (χ3n) is 6.08. The van der Waals surface area contributed by atoms with E-state index in [-0.39, 0.29) is 29.1 Å². The van der Waals surface area contributed by atoms with Gasteiger partial charge >= 0.3 is 12.6 Å². The summed E-state index contributed by atoms with van der Waals surface area (Å²) in [6.45, 7) is -0.00622. The second-order valence-electron chi connectivity index (χ2n) is 8.47. The molecule has 0 fully saturated rings. The minimum absolute atomic E-state index is 0.00200. The molecule has 1 N–H and O–H groups in total. The summed E-state index contributed by atoms with van der Waals surface area (Å²) < 4.78 is 83.1. The van der Waals surface area contributed by atoms with Gasteiger partial charge in [-0.2, -0.15) is 22.0 Å². The smallest absolute Gasteiger partial charge is 0.415 e. The van der Waals surface area contributed by atoms with Gasteiger partial charge in [0.15, 0.2) is 0 Å². The predicted molar refractivity (Wildman–Crippen MR) is 118 cm³/mol. The van der Waals surface area contributed by atoms with Gasteiger partial charge in [0.2, 0.25) is 5.89 Å². The Morgan fingerprint density at radius 2 is 1.68 bits per heavy atom. The fourth-order valence-electron chi connectivity index (χ4n) is 4.24. The Labute approximate surface area is 210 Å². The van der Waals surface area contributed by atoms with Crippen LogP contribution in [0.15, 0.2) is 65.2 Å². The molecule has 1 amide bonds. The van der Waals surface area contributed by atoms with Gasteiger partial charge in [-0.1, -0.05) is 24.3 Å². The molecule has 3 heterocycles. The van der Waals surface area contributed by atoms with Crippen molar-refractivity contribution in [3.8, 4) is 11.5 Å². The number of aromatic nitrogens is 3. The first-order valence-corrected chi connectivity index (χ1v) is 11.1. The highest BCUT2D eigenvalue weighted by molar-refractivity contribution is 5.99. The first-order chi connectivity index (χ1) is 18.0. The molecule has 0 bridgehead atoms. The second kappa shape index (κ2) is 9.56. The van der Waals surface area contributed by atoms with E-state index in [9.17, 15) is 36.2 Å². The van der Waals surface area contributed by atoms with Crippen LogP contribution in [0.5, 0.6) is 0 Å². The van der Waals surface area contributed by atoms with Crippen LogP contribution in [0.1, 0.15) is 57.2 Å². The molecule has 13 heteroatoms. The number of carbonyl (C=O) groups is 1. The Hall–Kier alpha value is -4.26. The standard InChI is InChI=1S/C25H16F6N4O3/c26-16-6-3-12(4-7-16)19(20(36)14-5-8-18(32-10-14)25(29,30)31)35-11-15-2-1-13(9-17(15)24(35)37)22-33-34-23(38-22)21(27)28/h1-10,19-21,36H,11H2/t19?,20-/m0/s1. The van der Waals surface area contributed by atoms with Crippen molar-refractivity contribution < 1.29 is 40.7 Å². The second-order valence-corrected chi connectivity index (χ2v) is 8.47. The molecule has 0 spiro atoms. The average molecular weight is 534 g/mol. The molecule has 0 aliphatic carbocycles. The number of hydrogen-bond acceptors (Lipinski definition) is 6. The van der Waals surface area contributed by atoms with Crippen molar-refractivity contribution in [2.75, 3.05) is 0 Å². The maximum Gasteiger partial charge on any atom is 0.433 e.